The molecule has 1 saturated heterocycles. The van der Waals surface area contributed by atoms with Crippen LogP contribution in [0.15, 0.2) is 18.2 Å². The Morgan fingerprint density at radius 2 is 2.00 bits per heavy atom. The van der Waals surface area contributed by atoms with E-state index in [1.807, 2.05) is 6.07 Å². The Hall–Kier alpha value is -1.66. The van der Waals surface area contributed by atoms with E-state index in [4.69, 9.17) is 4.74 Å². The number of ether oxygens (including phenoxy) is 1. The van der Waals surface area contributed by atoms with E-state index in [2.05, 4.69) is 29.4 Å². The molecule has 1 heterocycles. The molecule has 2 amide bonds. The molecule has 23 heavy (non-hydrogen) atoms. The lowest BCUT2D eigenvalue weighted by Gasteiger charge is -2.40. The summed E-state index contributed by atoms with van der Waals surface area (Å²) in [6, 6.07) is 4.74. The Morgan fingerprint density at radius 3 is 2.65 bits per heavy atom. The smallest absolute Gasteiger partial charge is 0.315 e. The number of carbonyl (C=O) groups is 1. The number of nitrogens with zero attached hydrogens (tertiary/aromatic N) is 1. The average Bonchev–Trinajstić information content (AvgIpc) is 2.55. The highest BCUT2D eigenvalue weighted by Gasteiger charge is 2.28. The summed E-state index contributed by atoms with van der Waals surface area (Å²) in [6.07, 6.45) is 0. The zero-order valence-electron chi connectivity index (χ0n) is 14.1. The van der Waals surface area contributed by atoms with E-state index in [-0.39, 0.29) is 17.4 Å². The van der Waals surface area contributed by atoms with Crippen LogP contribution in [0.3, 0.4) is 0 Å². The van der Waals surface area contributed by atoms with Gasteiger partial charge in [-0.3, -0.25) is 4.90 Å². The van der Waals surface area contributed by atoms with Crippen LogP contribution in [0, 0.1) is 12.7 Å². The summed E-state index contributed by atoms with van der Waals surface area (Å²) in [5.74, 6) is -0.252. The molecule has 5 nitrogen and oxygen atoms in total. The summed E-state index contributed by atoms with van der Waals surface area (Å²) in [5, 5.41) is 5.65. The molecule has 0 radical (unpaired) electrons. The van der Waals surface area contributed by atoms with Crippen LogP contribution in [0.4, 0.5) is 9.18 Å². The van der Waals surface area contributed by atoms with Gasteiger partial charge >= 0.3 is 6.03 Å². The molecule has 0 unspecified atom stereocenters. The monoisotopic (exact) mass is 323 g/mol. The molecule has 0 aliphatic carbocycles. The molecule has 0 bridgehead atoms. The number of benzene rings is 1. The highest BCUT2D eigenvalue weighted by Crippen LogP contribution is 2.15. The SMILES string of the molecule is Cc1ccc(CNC(=O)NCC(C)(C)N2CCOCC2)cc1F. The number of morpholine rings is 1. The molecule has 128 valence electrons. The molecule has 2 rings (SSSR count). The molecule has 1 aromatic rings. The van der Waals surface area contributed by atoms with Gasteiger partial charge in [-0.15, -0.1) is 0 Å². The fraction of sp³-hybridized carbons (Fsp3) is 0.588. The van der Waals surface area contributed by atoms with E-state index in [1.54, 1.807) is 13.0 Å². The normalized spacial score (nSPS) is 16.2. The highest BCUT2D eigenvalue weighted by molar-refractivity contribution is 5.73. The van der Waals surface area contributed by atoms with Crippen molar-refractivity contribution in [1.29, 1.82) is 0 Å². The minimum Gasteiger partial charge on any atom is -0.379 e. The van der Waals surface area contributed by atoms with Gasteiger partial charge in [0.2, 0.25) is 0 Å². The van der Waals surface area contributed by atoms with Gasteiger partial charge in [0.25, 0.3) is 0 Å². The standard InChI is InChI=1S/C17H26FN3O2/c1-13-4-5-14(10-15(13)18)11-19-16(22)20-12-17(2,3)21-6-8-23-9-7-21/h4-5,10H,6-9,11-12H2,1-3H3,(H2,19,20,22). The van der Waals surface area contributed by atoms with Crippen molar-refractivity contribution in [1.82, 2.24) is 15.5 Å². The number of urea groups is 1. The van der Waals surface area contributed by atoms with Crippen LogP contribution in [0.2, 0.25) is 0 Å². The summed E-state index contributed by atoms with van der Waals surface area (Å²) in [4.78, 5) is 14.3. The third kappa shape index (κ3) is 5.18. The fourth-order valence-corrected chi connectivity index (χ4v) is 2.57. The molecule has 1 aromatic carbocycles. The number of halogens is 1. The maximum atomic E-state index is 13.5. The number of hydrogen-bond donors (Lipinski definition) is 2. The number of carbonyl (C=O) groups excluding carboxylic acids is 1. The van der Waals surface area contributed by atoms with E-state index < -0.39 is 0 Å². The van der Waals surface area contributed by atoms with Crippen molar-refractivity contribution < 1.29 is 13.9 Å². The molecule has 1 aliphatic heterocycles. The Labute approximate surface area is 137 Å². The Morgan fingerprint density at radius 1 is 1.30 bits per heavy atom. The van der Waals surface area contributed by atoms with Gasteiger partial charge in [-0.25, -0.2) is 9.18 Å². The average molecular weight is 323 g/mol. The number of nitrogens with one attached hydrogen (secondary N) is 2. The second kappa shape index (κ2) is 7.75. The van der Waals surface area contributed by atoms with Gasteiger partial charge in [0.1, 0.15) is 5.82 Å². The van der Waals surface area contributed by atoms with Crippen molar-refractivity contribution >= 4 is 6.03 Å². The van der Waals surface area contributed by atoms with Gasteiger partial charge in [-0.2, -0.15) is 0 Å². The lowest BCUT2D eigenvalue weighted by atomic mass is 10.0. The van der Waals surface area contributed by atoms with Crippen LogP contribution in [0.5, 0.6) is 0 Å². The Balaban J connectivity index is 1.76. The number of aryl methyl sites for hydroxylation is 1. The second-order valence-corrected chi connectivity index (χ2v) is 6.53. The quantitative estimate of drug-likeness (QED) is 0.872. The molecular weight excluding hydrogens is 297 g/mol. The van der Waals surface area contributed by atoms with Crippen molar-refractivity contribution in [3.8, 4) is 0 Å². The minimum absolute atomic E-state index is 0.128. The zero-order valence-corrected chi connectivity index (χ0v) is 14.1. The zero-order chi connectivity index (χ0) is 16.9. The van der Waals surface area contributed by atoms with Crippen molar-refractivity contribution in [3.63, 3.8) is 0 Å². The van der Waals surface area contributed by atoms with E-state index in [0.717, 1.165) is 31.9 Å². The van der Waals surface area contributed by atoms with Crippen molar-refractivity contribution in [2.24, 2.45) is 0 Å². The Bertz CT molecular complexity index is 543. The van der Waals surface area contributed by atoms with Gasteiger partial charge < -0.3 is 15.4 Å². The van der Waals surface area contributed by atoms with Gasteiger partial charge in [0.15, 0.2) is 0 Å². The predicted octanol–water partition coefficient (Wildman–Crippen LogP) is 2.04. The molecule has 0 aromatic heterocycles. The maximum absolute atomic E-state index is 13.5. The largest absolute Gasteiger partial charge is 0.379 e. The maximum Gasteiger partial charge on any atom is 0.315 e. The first-order valence-corrected chi connectivity index (χ1v) is 7.98. The first-order chi connectivity index (χ1) is 10.9. The summed E-state index contributed by atoms with van der Waals surface area (Å²) in [6.45, 7) is 9.98. The van der Waals surface area contributed by atoms with Crippen LogP contribution in [0.25, 0.3) is 0 Å². The summed E-state index contributed by atoms with van der Waals surface area (Å²) in [5.41, 5.74) is 1.22. The van der Waals surface area contributed by atoms with Crippen molar-refractivity contribution in [2.45, 2.75) is 32.9 Å². The van der Waals surface area contributed by atoms with E-state index in [1.165, 1.54) is 6.07 Å². The molecule has 1 aliphatic rings. The first kappa shape index (κ1) is 17.7. The molecule has 0 spiro atoms. The topological polar surface area (TPSA) is 53.6 Å². The predicted molar refractivity (Wildman–Crippen MR) is 87.8 cm³/mol. The molecule has 0 atom stereocenters. The first-order valence-electron chi connectivity index (χ1n) is 7.98. The Kier molecular flexibility index (Phi) is 5.96. The summed E-state index contributed by atoms with van der Waals surface area (Å²) >= 11 is 0. The van der Waals surface area contributed by atoms with Crippen molar-refractivity contribution in [3.05, 3.63) is 35.1 Å². The molecule has 1 fully saturated rings. The van der Waals surface area contributed by atoms with E-state index in [0.29, 0.717) is 18.7 Å². The van der Waals surface area contributed by atoms with Gasteiger partial charge in [-0.1, -0.05) is 12.1 Å². The molecule has 6 heteroatoms. The van der Waals surface area contributed by atoms with Gasteiger partial charge in [0, 0.05) is 31.7 Å². The number of hydrogen-bond acceptors (Lipinski definition) is 3. The van der Waals surface area contributed by atoms with Crippen LogP contribution in [-0.2, 0) is 11.3 Å². The third-order valence-corrected chi connectivity index (χ3v) is 4.24. The van der Waals surface area contributed by atoms with Crippen LogP contribution in [-0.4, -0.2) is 49.3 Å². The number of amides is 2. The van der Waals surface area contributed by atoms with Crippen LogP contribution < -0.4 is 10.6 Å². The molecular formula is C17H26FN3O2. The summed E-state index contributed by atoms with van der Waals surface area (Å²) < 4.78 is 18.8. The minimum atomic E-state index is -0.252. The van der Waals surface area contributed by atoms with E-state index >= 15 is 0 Å². The van der Waals surface area contributed by atoms with Gasteiger partial charge in [0.05, 0.1) is 13.2 Å². The third-order valence-electron chi connectivity index (χ3n) is 4.24. The fourth-order valence-electron chi connectivity index (χ4n) is 2.57. The van der Waals surface area contributed by atoms with Crippen LogP contribution in [0.1, 0.15) is 25.0 Å². The van der Waals surface area contributed by atoms with Gasteiger partial charge in [-0.05, 0) is 38.0 Å². The second-order valence-electron chi connectivity index (χ2n) is 6.53. The number of rotatable bonds is 5. The van der Waals surface area contributed by atoms with Crippen molar-refractivity contribution in [2.75, 3.05) is 32.8 Å². The van der Waals surface area contributed by atoms with E-state index in [9.17, 15) is 9.18 Å². The lowest BCUT2D eigenvalue weighted by Crippen LogP contribution is -2.56. The molecule has 0 saturated carbocycles. The van der Waals surface area contributed by atoms with Crippen LogP contribution >= 0.6 is 0 Å². The lowest BCUT2D eigenvalue weighted by molar-refractivity contribution is -0.00874. The highest BCUT2D eigenvalue weighted by atomic mass is 19.1. The molecule has 2 N–H and O–H groups in total. The summed E-state index contributed by atoms with van der Waals surface area (Å²) in [7, 11) is 0.